The Labute approximate surface area is 199 Å². The highest BCUT2D eigenvalue weighted by atomic mass is 16.5. The zero-order valence-electron chi connectivity index (χ0n) is 19.4. The fraction of sp³-hybridized carbons (Fsp3) is 0.296. The largest absolute Gasteiger partial charge is 0.489 e. The van der Waals surface area contributed by atoms with Gasteiger partial charge in [0.15, 0.2) is 6.10 Å². The fourth-order valence-electron chi connectivity index (χ4n) is 3.88. The number of rotatable bonds is 8. The normalized spacial score (nSPS) is 14.8. The van der Waals surface area contributed by atoms with Gasteiger partial charge < -0.3 is 19.7 Å². The van der Waals surface area contributed by atoms with Gasteiger partial charge in [-0.05, 0) is 49.2 Å². The standard InChI is InChI=1S/C27H29N3O4/c1-3-21(4-2)29-26(31)25-17-30(23-12-5-6-13-24(23)34-25)27(32)20-10-7-11-22(15-20)33-18-19-9-8-14-28-16-19/h5-16,21,25H,3-4,17-18H2,1-2H3,(H,29,31). The lowest BCUT2D eigenvalue weighted by molar-refractivity contribution is -0.128. The van der Waals surface area contributed by atoms with E-state index in [1.807, 2.05) is 50.2 Å². The predicted molar refractivity (Wildman–Crippen MR) is 130 cm³/mol. The molecular weight excluding hydrogens is 430 g/mol. The number of fused-ring (bicyclic) bond motifs is 1. The number of amides is 2. The van der Waals surface area contributed by atoms with E-state index < -0.39 is 6.10 Å². The Morgan fingerprint density at radius 2 is 1.94 bits per heavy atom. The molecule has 3 aromatic rings. The summed E-state index contributed by atoms with van der Waals surface area (Å²) in [7, 11) is 0. The Morgan fingerprint density at radius 1 is 1.12 bits per heavy atom. The number of ether oxygens (including phenoxy) is 2. The monoisotopic (exact) mass is 459 g/mol. The number of nitrogens with one attached hydrogen (secondary N) is 1. The van der Waals surface area contributed by atoms with E-state index in [1.165, 1.54) is 0 Å². The van der Waals surface area contributed by atoms with Crippen LogP contribution in [0.4, 0.5) is 5.69 Å². The van der Waals surface area contributed by atoms with Crippen molar-refractivity contribution < 1.29 is 19.1 Å². The molecule has 2 amide bonds. The summed E-state index contributed by atoms with van der Waals surface area (Å²) in [5, 5.41) is 3.03. The van der Waals surface area contributed by atoms with Crippen molar-refractivity contribution in [2.45, 2.75) is 45.4 Å². The van der Waals surface area contributed by atoms with E-state index in [4.69, 9.17) is 9.47 Å². The lowest BCUT2D eigenvalue weighted by atomic mass is 10.1. The zero-order chi connectivity index (χ0) is 23.9. The Morgan fingerprint density at radius 3 is 2.71 bits per heavy atom. The molecule has 34 heavy (non-hydrogen) atoms. The summed E-state index contributed by atoms with van der Waals surface area (Å²) >= 11 is 0. The second-order valence-electron chi connectivity index (χ2n) is 8.19. The molecule has 0 fully saturated rings. The van der Waals surface area contributed by atoms with Gasteiger partial charge in [-0.3, -0.25) is 14.6 Å². The van der Waals surface area contributed by atoms with Crippen molar-refractivity contribution in [3.05, 3.63) is 84.2 Å². The van der Waals surface area contributed by atoms with Gasteiger partial charge in [0.2, 0.25) is 0 Å². The van der Waals surface area contributed by atoms with Gasteiger partial charge >= 0.3 is 0 Å². The molecular formula is C27H29N3O4. The molecule has 1 unspecified atom stereocenters. The van der Waals surface area contributed by atoms with Crippen LogP contribution < -0.4 is 19.7 Å². The number of hydrogen-bond acceptors (Lipinski definition) is 5. The van der Waals surface area contributed by atoms with E-state index >= 15 is 0 Å². The summed E-state index contributed by atoms with van der Waals surface area (Å²) < 4.78 is 11.8. The SMILES string of the molecule is CCC(CC)NC(=O)C1CN(C(=O)c2cccc(OCc3cccnc3)c2)c2ccccc2O1. The van der Waals surface area contributed by atoms with E-state index in [-0.39, 0.29) is 24.4 Å². The number of benzene rings is 2. The van der Waals surface area contributed by atoms with Crippen molar-refractivity contribution in [3.63, 3.8) is 0 Å². The van der Waals surface area contributed by atoms with Crippen LogP contribution in [0.1, 0.15) is 42.6 Å². The molecule has 7 nitrogen and oxygen atoms in total. The Balaban J connectivity index is 1.53. The Bertz CT molecular complexity index is 1130. The van der Waals surface area contributed by atoms with Crippen molar-refractivity contribution in [1.82, 2.24) is 10.3 Å². The first kappa shape index (κ1) is 23.3. The minimum Gasteiger partial charge on any atom is -0.489 e. The fourth-order valence-corrected chi connectivity index (χ4v) is 3.88. The molecule has 1 N–H and O–H groups in total. The maximum absolute atomic E-state index is 13.6. The summed E-state index contributed by atoms with van der Waals surface area (Å²) in [6.07, 6.45) is 4.33. The predicted octanol–water partition coefficient (Wildman–Crippen LogP) is 4.37. The summed E-state index contributed by atoms with van der Waals surface area (Å²) in [4.78, 5) is 32.2. The van der Waals surface area contributed by atoms with Crippen molar-refractivity contribution in [2.24, 2.45) is 0 Å². The van der Waals surface area contributed by atoms with Gasteiger partial charge in [-0.1, -0.05) is 38.1 Å². The highest BCUT2D eigenvalue weighted by molar-refractivity contribution is 6.08. The van der Waals surface area contributed by atoms with Crippen molar-refractivity contribution >= 4 is 17.5 Å². The number of pyridine rings is 1. The van der Waals surface area contributed by atoms with Gasteiger partial charge in [-0.2, -0.15) is 0 Å². The van der Waals surface area contributed by atoms with E-state index in [0.29, 0.717) is 29.4 Å². The van der Waals surface area contributed by atoms with Crippen LogP contribution >= 0.6 is 0 Å². The van der Waals surface area contributed by atoms with Crippen LogP contribution in [-0.4, -0.2) is 35.5 Å². The average molecular weight is 460 g/mol. The molecule has 0 aliphatic carbocycles. The summed E-state index contributed by atoms with van der Waals surface area (Å²) in [6, 6.07) is 18.2. The lowest BCUT2D eigenvalue weighted by Crippen LogP contribution is -2.52. The van der Waals surface area contributed by atoms with Crippen molar-refractivity contribution in [2.75, 3.05) is 11.4 Å². The zero-order valence-corrected chi connectivity index (χ0v) is 19.4. The maximum atomic E-state index is 13.6. The number of hydrogen-bond donors (Lipinski definition) is 1. The van der Waals surface area contributed by atoms with Crippen LogP contribution in [0.3, 0.4) is 0 Å². The van der Waals surface area contributed by atoms with Gasteiger partial charge in [0, 0.05) is 29.6 Å². The molecule has 0 radical (unpaired) electrons. The second-order valence-corrected chi connectivity index (χ2v) is 8.19. The van der Waals surface area contributed by atoms with Crippen LogP contribution in [0.25, 0.3) is 0 Å². The third-order valence-corrected chi connectivity index (χ3v) is 5.85. The molecule has 1 aromatic heterocycles. The third-order valence-electron chi connectivity index (χ3n) is 5.85. The Hall–Kier alpha value is -3.87. The maximum Gasteiger partial charge on any atom is 0.263 e. The second kappa shape index (κ2) is 10.8. The summed E-state index contributed by atoms with van der Waals surface area (Å²) in [5.74, 6) is 0.660. The molecule has 0 saturated carbocycles. The van der Waals surface area contributed by atoms with E-state index in [0.717, 1.165) is 18.4 Å². The molecule has 0 bridgehead atoms. The molecule has 176 valence electrons. The number of carbonyl (C=O) groups is 2. The first-order chi connectivity index (χ1) is 16.6. The average Bonchev–Trinajstić information content (AvgIpc) is 2.90. The molecule has 1 aliphatic heterocycles. The van der Waals surface area contributed by atoms with Gasteiger partial charge in [0.25, 0.3) is 11.8 Å². The van der Waals surface area contributed by atoms with Crippen LogP contribution in [0, 0.1) is 0 Å². The number of anilines is 1. The lowest BCUT2D eigenvalue weighted by Gasteiger charge is -2.34. The Kier molecular flexibility index (Phi) is 7.42. The van der Waals surface area contributed by atoms with Crippen LogP contribution in [-0.2, 0) is 11.4 Å². The molecule has 1 aliphatic rings. The molecule has 1 atom stereocenters. The van der Waals surface area contributed by atoms with Crippen LogP contribution in [0.2, 0.25) is 0 Å². The number of para-hydroxylation sites is 2. The van der Waals surface area contributed by atoms with Gasteiger partial charge in [0.1, 0.15) is 18.1 Å². The minimum atomic E-state index is -0.788. The number of carbonyl (C=O) groups excluding carboxylic acids is 2. The topological polar surface area (TPSA) is 80.8 Å². The first-order valence-electron chi connectivity index (χ1n) is 11.6. The van der Waals surface area contributed by atoms with Crippen molar-refractivity contribution in [3.8, 4) is 11.5 Å². The van der Waals surface area contributed by atoms with Crippen LogP contribution in [0.5, 0.6) is 11.5 Å². The highest BCUT2D eigenvalue weighted by Gasteiger charge is 2.34. The van der Waals surface area contributed by atoms with Gasteiger partial charge in [0.05, 0.1) is 12.2 Å². The number of aromatic nitrogens is 1. The molecule has 0 spiro atoms. The summed E-state index contributed by atoms with van der Waals surface area (Å²) in [5.41, 5.74) is 2.05. The number of nitrogens with zero attached hydrogens (tertiary/aromatic N) is 2. The molecule has 7 heteroatoms. The first-order valence-corrected chi connectivity index (χ1v) is 11.6. The quantitative estimate of drug-likeness (QED) is 0.541. The highest BCUT2D eigenvalue weighted by Crippen LogP contribution is 2.34. The molecule has 0 saturated heterocycles. The molecule has 2 heterocycles. The van der Waals surface area contributed by atoms with Gasteiger partial charge in [-0.15, -0.1) is 0 Å². The molecule has 2 aromatic carbocycles. The van der Waals surface area contributed by atoms with Crippen LogP contribution in [0.15, 0.2) is 73.1 Å². The van der Waals surface area contributed by atoms with Crippen molar-refractivity contribution in [1.29, 1.82) is 0 Å². The van der Waals surface area contributed by atoms with Gasteiger partial charge in [-0.25, -0.2) is 0 Å². The van der Waals surface area contributed by atoms with E-state index in [2.05, 4.69) is 10.3 Å². The third kappa shape index (κ3) is 5.36. The van der Waals surface area contributed by atoms with E-state index in [1.54, 1.807) is 41.6 Å². The smallest absolute Gasteiger partial charge is 0.263 e. The minimum absolute atomic E-state index is 0.0751. The molecule has 4 rings (SSSR count). The van der Waals surface area contributed by atoms with E-state index in [9.17, 15) is 9.59 Å². The summed E-state index contributed by atoms with van der Waals surface area (Å²) in [6.45, 7) is 4.54.